The summed E-state index contributed by atoms with van der Waals surface area (Å²) in [6.45, 7) is 0. The van der Waals surface area contributed by atoms with Crippen LogP contribution in [0, 0.1) is 0 Å². The van der Waals surface area contributed by atoms with Gasteiger partial charge in [-0.2, -0.15) is 0 Å². The summed E-state index contributed by atoms with van der Waals surface area (Å²) in [4.78, 5) is 6.38. The SMILES string of the molecule is CN1C=CC=CN=C1c1ccccc1. The molecule has 2 rings (SSSR count). The maximum Gasteiger partial charge on any atom is 0.139 e. The molecule has 0 saturated carbocycles. The molecule has 0 amide bonds. The van der Waals surface area contributed by atoms with E-state index in [1.807, 2.05) is 54.7 Å². The molecule has 0 unspecified atom stereocenters. The number of hydrogen-bond acceptors (Lipinski definition) is 2. The third-order valence-corrected chi connectivity index (χ3v) is 2.07. The molecule has 0 aromatic heterocycles. The second kappa shape index (κ2) is 3.92. The first kappa shape index (κ1) is 8.75. The molecule has 0 saturated heterocycles. The van der Waals surface area contributed by atoms with E-state index in [9.17, 15) is 0 Å². The van der Waals surface area contributed by atoms with Gasteiger partial charge in [-0.1, -0.05) is 30.3 Å². The average Bonchev–Trinajstić information content (AvgIpc) is 2.44. The minimum absolute atomic E-state index is 0.968. The Morgan fingerprint density at radius 2 is 1.86 bits per heavy atom. The Hall–Kier alpha value is -1.83. The lowest BCUT2D eigenvalue weighted by Gasteiger charge is -2.15. The highest BCUT2D eigenvalue weighted by Gasteiger charge is 2.06. The highest BCUT2D eigenvalue weighted by atomic mass is 15.1. The Balaban J connectivity index is 2.39. The fraction of sp³-hybridized carbons (Fsp3) is 0.0833. The number of benzene rings is 1. The van der Waals surface area contributed by atoms with E-state index in [2.05, 4.69) is 17.1 Å². The maximum absolute atomic E-state index is 4.37. The summed E-state index contributed by atoms with van der Waals surface area (Å²) in [5.74, 6) is 0.968. The maximum atomic E-state index is 4.37. The van der Waals surface area contributed by atoms with Crippen molar-refractivity contribution in [1.82, 2.24) is 4.90 Å². The van der Waals surface area contributed by atoms with Crippen molar-refractivity contribution < 1.29 is 0 Å². The molecule has 14 heavy (non-hydrogen) atoms. The van der Waals surface area contributed by atoms with Gasteiger partial charge in [-0.05, 0) is 12.2 Å². The molecule has 0 N–H and O–H groups in total. The molecule has 1 aromatic rings. The van der Waals surface area contributed by atoms with Gasteiger partial charge in [-0.15, -0.1) is 0 Å². The van der Waals surface area contributed by atoms with Gasteiger partial charge in [-0.3, -0.25) is 0 Å². The van der Waals surface area contributed by atoms with E-state index < -0.39 is 0 Å². The molecule has 1 aliphatic heterocycles. The van der Waals surface area contributed by atoms with Crippen molar-refractivity contribution in [3.63, 3.8) is 0 Å². The minimum atomic E-state index is 0.968. The smallest absolute Gasteiger partial charge is 0.139 e. The lowest BCUT2D eigenvalue weighted by molar-refractivity contribution is 0.691. The largest absolute Gasteiger partial charge is 0.336 e. The predicted octanol–water partition coefficient (Wildman–Crippen LogP) is 2.41. The van der Waals surface area contributed by atoms with Gasteiger partial charge in [0.25, 0.3) is 0 Å². The third-order valence-electron chi connectivity index (χ3n) is 2.07. The first-order chi connectivity index (χ1) is 6.88. The molecule has 70 valence electrons. The zero-order valence-corrected chi connectivity index (χ0v) is 8.09. The fourth-order valence-corrected chi connectivity index (χ4v) is 1.37. The molecular weight excluding hydrogens is 172 g/mol. The molecule has 2 nitrogen and oxygen atoms in total. The monoisotopic (exact) mass is 184 g/mol. The van der Waals surface area contributed by atoms with Crippen LogP contribution in [0.3, 0.4) is 0 Å². The van der Waals surface area contributed by atoms with Crippen LogP contribution in [-0.2, 0) is 0 Å². The van der Waals surface area contributed by atoms with Crippen molar-refractivity contribution in [2.45, 2.75) is 0 Å². The zero-order chi connectivity index (χ0) is 9.80. The van der Waals surface area contributed by atoms with E-state index in [0.29, 0.717) is 0 Å². The summed E-state index contributed by atoms with van der Waals surface area (Å²) in [5.41, 5.74) is 1.13. The number of hydrogen-bond donors (Lipinski definition) is 0. The predicted molar refractivity (Wildman–Crippen MR) is 59.0 cm³/mol. The highest BCUT2D eigenvalue weighted by Crippen LogP contribution is 2.07. The molecule has 2 heteroatoms. The fourth-order valence-electron chi connectivity index (χ4n) is 1.37. The third kappa shape index (κ3) is 1.74. The standard InChI is InChI=1S/C12H12N2/c1-14-10-6-5-9-13-12(14)11-7-3-2-4-8-11/h2-10H,1H3. The van der Waals surface area contributed by atoms with Crippen LogP contribution in [0.2, 0.25) is 0 Å². The topological polar surface area (TPSA) is 15.6 Å². The van der Waals surface area contributed by atoms with Crippen LogP contribution in [-0.4, -0.2) is 17.8 Å². The van der Waals surface area contributed by atoms with Crippen molar-refractivity contribution in [2.24, 2.45) is 4.99 Å². The van der Waals surface area contributed by atoms with Crippen LogP contribution in [0.15, 0.2) is 59.9 Å². The van der Waals surface area contributed by atoms with Gasteiger partial charge < -0.3 is 4.90 Å². The molecule has 1 aliphatic rings. The molecular formula is C12H12N2. The number of aliphatic imine (C=N–C) groups is 1. The first-order valence-corrected chi connectivity index (χ1v) is 4.57. The summed E-state index contributed by atoms with van der Waals surface area (Å²) in [6, 6.07) is 10.2. The molecule has 0 fully saturated rings. The van der Waals surface area contributed by atoms with Gasteiger partial charge in [-0.25, -0.2) is 4.99 Å². The lowest BCUT2D eigenvalue weighted by Crippen LogP contribution is -2.21. The summed E-state index contributed by atoms with van der Waals surface area (Å²) in [6.07, 6.45) is 7.70. The summed E-state index contributed by atoms with van der Waals surface area (Å²) in [7, 11) is 2.00. The van der Waals surface area contributed by atoms with Gasteiger partial charge in [0, 0.05) is 25.0 Å². The second-order valence-corrected chi connectivity index (χ2v) is 3.11. The van der Waals surface area contributed by atoms with Gasteiger partial charge in [0.05, 0.1) is 0 Å². The van der Waals surface area contributed by atoms with Crippen LogP contribution < -0.4 is 0 Å². The number of nitrogens with zero attached hydrogens (tertiary/aromatic N) is 2. The van der Waals surface area contributed by atoms with E-state index in [1.165, 1.54) is 0 Å². The Morgan fingerprint density at radius 1 is 1.07 bits per heavy atom. The summed E-state index contributed by atoms with van der Waals surface area (Å²) < 4.78 is 0. The van der Waals surface area contributed by atoms with Gasteiger partial charge in [0.2, 0.25) is 0 Å². The minimum Gasteiger partial charge on any atom is -0.336 e. The van der Waals surface area contributed by atoms with Crippen molar-refractivity contribution in [3.8, 4) is 0 Å². The van der Waals surface area contributed by atoms with E-state index in [0.717, 1.165) is 11.4 Å². The van der Waals surface area contributed by atoms with Crippen molar-refractivity contribution in [2.75, 3.05) is 7.05 Å². The molecule has 0 radical (unpaired) electrons. The molecule has 0 bridgehead atoms. The number of allylic oxidation sites excluding steroid dienone is 2. The van der Waals surface area contributed by atoms with Crippen LogP contribution in [0.25, 0.3) is 0 Å². The lowest BCUT2D eigenvalue weighted by atomic mass is 10.2. The Kier molecular flexibility index (Phi) is 2.45. The molecule has 0 spiro atoms. The Labute approximate surface area is 83.9 Å². The number of rotatable bonds is 1. The molecule has 1 heterocycles. The summed E-state index contributed by atoms with van der Waals surface area (Å²) in [5, 5.41) is 0. The molecule has 0 aliphatic carbocycles. The van der Waals surface area contributed by atoms with Gasteiger partial charge in [0.1, 0.15) is 5.84 Å². The van der Waals surface area contributed by atoms with Crippen LogP contribution >= 0.6 is 0 Å². The van der Waals surface area contributed by atoms with Gasteiger partial charge in [0.15, 0.2) is 0 Å². The van der Waals surface area contributed by atoms with Gasteiger partial charge >= 0.3 is 0 Å². The average molecular weight is 184 g/mol. The highest BCUT2D eigenvalue weighted by molar-refractivity contribution is 5.99. The van der Waals surface area contributed by atoms with E-state index in [-0.39, 0.29) is 0 Å². The van der Waals surface area contributed by atoms with E-state index >= 15 is 0 Å². The molecule has 0 atom stereocenters. The Bertz CT molecular complexity index is 388. The van der Waals surface area contributed by atoms with Crippen molar-refractivity contribution >= 4 is 5.84 Å². The first-order valence-electron chi connectivity index (χ1n) is 4.57. The van der Waals surface area contributed by atoms with Crippen LogP contribution in [0.5, 0.6) is 0 Å². The van der Waals surface area contributed by atoms with Crippen LogP contribution in [0.4, 0.5) is 0 Å². The second-order valence-electron chi connectivity index (χ2n) is 3.11. The van der Waals surface area contributed by atoms with E-state index in [4.69, 9.17) is 0 Å². The number of amidine groups is 1. The normalized spacial score (nSPS) is 15.2. The van der Waals surface area contributed by atoms with Crippen LogP contribution in [0.1, 0.15) is 5.56 Å². The Morgan fingerprint density at radius 3 is 2.64 bits per heavy atom. The van der Waals surface area contributed by atoms with Crippen molar-refractivity contribution in [1.29, 1.82) is 0 Å². The zero-order valence-electron chi connectivity index (χ0n) is 8.09. The van der Waals surface area contributed by atoms with Crippen molar-refractivity contribution in [3.05, 3.63) is 60.4 Å². The summed E-state index contributed by atoms with van der Waals surface area (Å²) >= 11 is 0. The molecule has 1 aromatic carbocycles. The van der Waals surface area contributed by atoms with E-state index in [1.54, 1.807) is 0 Å². The quantitative estimate of drug-likeness (QED) is 0.654.